The Morgan fingerprint density at radius 2 is 2.24 bits per heavy atom. The van der Waals surface area contributed by atoms with E-state index < -0.39 is 0 Å². The summed E-state index contributed by atoms with van der Waals surface area (Å²) in [5.41, 5.74) is 7.24. The van der Waals surface area contributed by atoms with Gasteiger partial charge in [0, 0.05) is 18.1 Å². The predicted molar refractivity (Wildman–Crippen MR) is 63.1 cm³/mol. The van der Waals surface area contributed by atoms with Crippen molar-refractivity contribution in [2.45, 2.75) is 13.5 Å². The van der Waals surface area contributed by atoms with E-state index in [9.17, 15) is 9.18 Å². The van der Waals surface area contributed by atoms with E-state index in [1.54, 1.807) is 6.20 Å². The third kappa shape index (κ3) is 2.50. The zero-order valence-corrected chi connectivity index (χ0v) is 9.35. The van der Waals surface area contributed by atoms with E-state index >= 15 is 0 Å². The largest absolute Gasteiger partial charge is 0.398 e. The highest BCUT2D eigenvalue weighted by molar-refractivity contribution is 5.46. The van der Waals surface area contributed by atoms with Gasteiger partial charge in [-0.15, -0.1) is 0 Å². The average Bonchev–Trinajstić information content (AvgIpc) is 2.28. The van der Waals surface area contributed by atoms with Crippen LogP contribution in [0.2, 0.25) is 0 Å². The van der Waals surface area contributed by atoms with Gasteiger partial charge in [0.25, 0.3) is 0 Å². The molecule has 2 aromatic rings. The molecule has 88 valence electrons. The number of aryl methyl sites for hydroxylation is 1. The summed E-state index contributed by atoms with van der Waals surface area (Å²) in [5, 5.41) is 0. The quantitative estimate of drug-likeness (QED) is 0.796. The Labute approximate surface area is 97.5 Å². The van der Waals surface area contributed by atoms with Crippen LogP contribution in [0.5, 0.6) is 0 Å². The van der Waals surface area contributed by atoms with Crippen molar-refractivity contribution in [2.24, 2.45) is 0 Å². The van der Waals surface area contributed by atoms with Gasteiger partial charge in [0.1, 0.15) is 5.82 Å². The van der Waals surface area contributed by atoms with Gasteiger partial charge in [0.05, 0.1) is 6.54 Å². The standard InChI is InChI=1S/C12H12FN3O/c1-8-5-15-12(17)16(6-8)7-9-4-10(13)2-3-11(9)14/h2-6H,7,14H2,1H3. The van der Waals surface area contributed by atoms with Crippen LogP contribution in [0, 0.1) is 12.7 Å². The lowest BCUT2D eigenvalue weighted by molar-refractivity contribution is 0.622. The fourth-order valence-corrected chi connectivity index (χ4v) is 1.57. The maximum atomic E-state index is 13.1. The predicted octanol–water partition coefficient (Wildman–Crippen LogP) is 1.32. The van der Waals surface area contributed by atoms with Crippen molar-refractivity contribution >= 4 is 5.69 Å². The zero-order chi connectivity index (χ0) is 12.4. The van der Waals surface area contributed by atoms with Crippen LogP contribution >= 0.6 is 0 Å². The molecule has 4 nitrogen and oxygen atoms in total. The van der Waals surface area contributed by atoms with Crippen molar-refractivity contribution in [1.29, 1.82) is 0 Å². The first kappa shape index (κ1) is 11.3. The molecule has 0 saturated carbocycles. The van der Waals surface area contributed by atoms with Crippen molar-refractivity contribution in [3.8, 4) is 0 Å². The molecular weight excluding hydrogens is 221 g/mol. The van der Waals surface area contributed by atoms with Gasteiger partial charge in [-0.1, -0.05) is 0 Å². The van der Waals surface area contributed by atoms with Crippen LogP contribution in [-0.2, 0) is 6.54 Å². The highest BCUT2D eigenvalue weighted by Crippen LogP contribution is 2.14. The van der Waals surface area contributed by atoms with Gasteiger partial charge in [0.2, 0.25) is 0 Å². The first-order valence-corrected chi connectivity index (χ1v) is 5.13. The number of aromatic nitrogens is 2. The molecule has 2 rings (SSSR count). The second-order valence-corrected chi connectivity index (χ2v) is 3.88. The van der Waals surface area contributed by atoms with Gasteiger partial charge >= 0.3 is 5.69 Å². The van der Waals surface area contributed by atoms with E-state index in [1.165, 1.54) is 29.0 Å². The molecule has 17 heavy (non-hydrogen) atoms. The minimum Gasteiger partial charge on any atom is -0.398 e. The third-order valence-corrected chi connectivity index (χ3v) is 2.43. The molecule has 0 aliphatic rings. The molecule has 0 saturated heterocycles. The number of nitrogen functional groups attached to an aromatic ring is 1. The summed E-state index contributed by atoms with van der Waals surface area (Å²) in [4.78, 5) is 15.2. The first-order valence-electron chi connectivity index (χ1n) is 5.13. The number of nitrogens with zero attached hydrogens (tertiary/aromatic N) is 2. The van der Waals surface area contributed by atoms with Crippen molar-refractivity contribution < 1.29 is 4.39 Å². The number of benzene rings is 1. The zero-order valence-electron chi connectivity index (χ0n) is 9.35. The van der Waals surface area contributed by atoms with Crippen molar-refractivity contribution in [2.75, 3.05) is 5.73 Å². The summed E-state index contributed by atoms with van der Waals surface area (Å²) < 4.78 is 14.5. The van der Waals surface area contributed by atoms with Crippen LogP contribution in [0.3, 0.4) is 0 Å². The molecule has 0 radical (unpaired) electrons. The van der Waals surface area contributed by atoms with Crippen LogP contribution in [0.1, 0.15) is 11.1 Å². The summed E-state index contributed by atoms with van der Waals surface area (Å²) in [5.74, 6) is -0.372. The monoisotopic (exact) mass is 233 g/mol. The smallest absolute Gasteiger partial charge is 0.347 e. The lowest BCUT2D eigenvalue weighted by Crippen LogP contribution is -2.23. The molecular formula is C12H12FN3O. The van der Waals surface area contributed by atoms with Crippen LogP contribution in [0.15, 0.2) is 35.4 Å². The Kier molecular flexibility index (Phi) is 2.91. The van der Waals surface area contributed by atoms with Gasteiger partial charge in [-0.2, -0.15) is 0 Å². The Morgan fingerprint density at radius 3 is 3.00 bits per heavy atom. The summed E-state index contributed by atoms with van der Waals surface area (Å²) in [6.07, 6.45) is 3.16. The SMILES string of the molecule is Cc1cnc(=O)n(Cc2cc(F)ccc2N)c1. The fourth-order valence-electron chi connectivity index (χ4n) is 1.57. The van der Waals surface area contributed by atoms with Crippen LogP contribution in [-0.4, -0.2) is 9.55 Å². The lowest BCUT2D eigenvalue weighted by atomic mass is 10.1. The molecule has 0 amide bonds. The minimum atomic E-state index is -0.376. The number of hydrogen-bond acceptors (Lipinski definition) is 3. The van der Waals surface area contributed by atoms with E-state index in [0.29, 0.717) is 11.3 Å². The molecule has 1 aromatic carbocycles. The van der Waals surface area contributed by atoms with E-state index in [2.05, 4.69) is 4.98 Å². The summed E-state index contributed by atoms with van der Waals surface area (Å²) in [6, 6.07) is 4.10. The first-order chi connectivity index (χ1) is 8.06. The van der Waals surface area contributed by atoms with Crippen molar-refractivity contribution in [3.05, 3.63) is 58.0 Å². The fraction of sp³-hybridized carbons (Fsp3) is 0.167. The third-order valence-electron chi connectivity index (χ3n) is 2.43. The highest BCUT2D eigenvalue weighted by atomic mass is 19.1. The highest BCUT2D eigenvalue weighted by Gasteiger charge is 2.04. The molecule has 0 atom stereocenters. The molecule has 0 unspecified atom stereocenters. The maximum Gasteiger partial charge on any atom is 0.347 e. The topological polar surface area (TPSA) is 60.9 Å². The van der Waals surface area contributed by atoms with Crippen molar-refractivity contribution in [3.63, 3.8) is 0 Å². The van der Waals surface area contributed by atoms with Crippen LogP contribution in [0.4, 0.5) is 10.1 Å². The molecule has 0 spiro atoms. The van der Waals surface area contributed by atoms with Gasteiger partial charge in [-0.05, 0) is 36.2 Å². The summed E-state index contributed by atoms with van der Waals surface area (Å²) in [6.45, 7) is 2.05. The Morgan fingerprint density at radius 1 is 1.47 bits per heavy atom. The number of anilines is 1. The molecule has 0 aliphatic carbocycles. The van der Waals surface area contributed by atoms with Gasteiger partial charge < -0.3 is 5.73 Å². The Hall–Kier alpha value is -2.17. The molecule has 0 fully saturated rings. The molecule has 1 heterocycles. The van der Waals surface area contributed by atoms with Crippen LogP contribution in [0.25, 0.3) is 0 Å². The molecule has 2 N–H and O–H groups in total. The van der Waals surface area contributed by atoms with E-state index in [-0.39, 0.29) is 18.1 Å². The molecule has 0 bridgehead atoms. The maximum absolute atomic E-state index is 13.1. The summed E-state index contributed by atoms with van der Waals surface area (Å²) in [7, 11) is 0. The molecule has 1 aromatic heterocycles. The van der Waals surface area contributed by atoms with E-state index in [1.807, 2.05) is 6.92 Å². The minimum absolute atomic E-state index is 0.219. The lowest BCUT2D eigenvalue weighted by Gasteiger charge is -2.08. The van der Waals surface area contributed by atoms with E-state index in [0.717, 1.165) is 5.56 Å². The summed E-state index contributed by atoms with van der Waals surface area (Å²) >= 11 is 0. The second kappa shape index (κ2) is 4.37. The second-order valence-electron chi connectivity index (χ2n) is 3.88. The van der Waals surface area contributed by atoms with E-state index in [4.69, 9.17) is 5.73 Å². The van der Waals surface area contributed by atoms with Crippen molar-refractivity contribution in [1.82, 2.24) is 9.55 Å². The van der Waals surface area contributed by atoms with Gasteiger partial charge in [-0.3, -0.25) is 4.57 Å². The molecule has 0 aliphatic heterocycles. The Bertz CT molecular complexity index is 607. The number of halogens is 1. The number of nitrogens with two attached hydrogens (primary N) is 1. The average molecular weight is 233 g/mol. The number of hydrogen-bond donors (Lipinski definition) is 1. The molecule has 5 heteroatoms. The Balaban J connectivity index is 2.41. The van der Waals surface area contributed by atoms with Gasteiger partial charge in [-0.25, -0.2) is 14.2 Å². The number of rotatable bonds is 2. The normalized spacial score (nSPS) is 10.5. The van der Waals surface area contributed by atoms with Gasteiger partial charge in [0.15, 0.2) is 0 Å². The van der Waals surface area contributed by atoms with Crippen LogP contribution < -0.4 is 11.4 Å².